The normalized spacial score (nSPS) is 23.4. The molecule has 1 aliphatic carbocycles. The SMILES string of the molecule is CN(C)CCN1C(=S)NC(c2ccccn2)C1c1cccn1C1CCCCC1. The molecule has 150 valence electrons. The smallest absolute Gasteiger partial charge is 0.170 e. The van der Waals surface area contributed by atoms with Crippen LogP contribution in [0.15, 0.2) is 42.7 Å². The highest BCUT2D eigenvalue weighted by molar-refractivity contribution is 7.80. The number of aromatic nitrogens is 2. The van der Waals surface area contributed by atoms with Crippen LogP contribution in [-0.2, 0) is 0 Å². The molecule has 0 bridgehead atoms. The third-order valence-electron chi connectivity index (χ3n) is 6.07. The number of hydrogen-bond acceptors (Lipinski definition) is 3. The maximum absolute atomic E-state index is 5.78. The van der Waals surface area contributed by atoms with Crippen LogP contribution < -0.4 is 5.32 Å². The lowest BCUT2D eigenvalue weighted by Gasteiger charge is -2.33. The van der Waals surface area contributed by atoms with E-state index in [1.165, 1.54) is 37.8 Å². The Morgan fingerprint density at radius 2 is 1.96 bits per heavy atom. The summed E-state index contributed by atoms with van der Waals surface area (Å²) < 4.78 is 2.53. The van der Waals surface area contributed by atoms with Crippen LogP contribution in [0.3, 0.4) is 0 Å². The molecule has 6 heteroatoms. The van der Waals surface area contributed by atoms with E-state index in [0.717, 1.165) is 23.9 Å². The van der Waals surface area contributed by atoms with Crippen molar-refractivity contribution in [3.8, 4) is 0 Å². The molecule has 5 nitrogen and oxygen atoms in total. The second kappa shape index (κ2) is 8.62. The van der Waals surface area contributed by atoms with Gasteiger partial charge in [-0.2, -0.15) is 0 Å². The van der Waals surface area contributed by atoms with Gasteiger partial charge in [-0.3, -0.25) is 4.98 Å². The summed E-state index contributed by atoms with van der Waals surface area (Å²) in [6, 6.07) is 11.5. The number of nitrogens with one attached hydrogen (secondary N) is 1. The Morgan fingerprint density at radius 1 is 1.14 bits per heavy atom. The quantitative estimate of drug-likeness (QED) is 0.748. The van der Waals surface area contributed by atoms with E-state index in [0.29, 0.717) is 6.04 Å². The second-order valence-electron chi connectivity index (χ2n) is 8.26. The Balaban J connectivity index is 1.70. The molecular weight excluding hydrogens is 366 g/mol. The van der Waals surface area contributed by atoms with Crippen LogP contribution >= 0.6 is 12.2 Å². The molecule has 2 aromatic rings. The minimum Gasteiger partial charge on any atom is -0.352 e. The topological polar surface area (TPSA) is 36.3 Å². The maximum atomic E-state index is 5.78. The van der Waals surface area contributed by atoms with Crippen molar-refractivity contribution in [2.24, 2.45) is 0 Å². The number of nitrogens with zero attached hydrogens (tertiary/aromatic N) is 4. The highest BCUT2D eigenvalue weighted by Crippen LogP contribution is 2.41. The first-order chi connectivity index (χ1) is 13.6. The van der Waals surface area contributed by atoms with Gasteiger partial charge in [0.1, 0.15) is 0 Å². The number of thiocarbonyl (C=S) groups is 1. The summed E-state index contributed by atoms with van der Waals surface area (Å²) in [6.07, 6.45) is 10.7. The summed E-state index contributed by atoms with van der Waals surface area (Å²) in [5.74, 6) is 0. The zero-order valence-electron chi connectivity index (χ0n) is 16.9. The Hall–Kier alpha value is -1.92. The summed E-state index contributed by atoms with van der Waals surface area (Å²) in [5.41, 5.74) is 2.41. The van der Waals surface area contributed by atoms with Crippen molar-refractivity contribution in [2.45, 2.75) is 50.2 Å². The van der Waals surface area contributed by atoms with Crippen LogP contribution in [0.4, 0.5) is 0 Å². The molecule has 28 heavy (non-hydrogen) atoms. The molecule has 3 heterocycles. The van der Waals surface area contributed by atoms with Crippen LogP contribution in [0.25, 0.3) is 0 Å². The fourth-order valence-corrected chi connectivity index (χ4v) is 4.96. The van der Waals surface area contributed by atoms with Gasteiger partial charge < -0.3 is 19.7 Å². The molecule has 1 N–H and O–H groups in total. The Kier molecular flexibility index (Phi) is 5.97. The van der Waals surface area contributed by atoms with Crippen LogP contribution in [0, 0.1) is 0 Å². The zero-order valence-corrected chi connectivity index (χ0v) is 17.7. The molecule has 1 saturated heterocycles. The van der Waals surface area contributed by atoms with E-state index in [-0.39, 0.29) is 12.1 Å². The van der Waals surface area contributed by atoms with E-state index in [1.54, 1.807) is 0 Å². The van der Waals surface area contributed by atoms with Gasteiger partial charge in [0.2, 0.25) is 0 Å². The van der Waals surface area contributed by atoms with Crippen molar-refractivity contribution in [1.29, 1.82) is 0 Å². The minimum atomic E-state index is 0.0769. The predicted octanol–water partition coefficient (Wildman–Crippen LogP) is 3.92. The minimum absolute atomic E-state index is 0.0769. The average molecular weight is 398 g/mol. The lowest BCUT2D eigenvalue weighted by Crippen LogP contribution is -2.36. The molecule has 2 aliphatic rings. The molecule has 2 aromatic heterocycles. The van der Waals surface area contributed by atoms with Gasteiger partial charge in [0.15, 0.2) is 5.11 Å². The monoisotopic (exact) mass is 397 g/mol. The molecule has 1 saturated carbocycles. The summed E-state index contributed by atoms with van der Waals surface area (Å²) in [6.45, 7) is 1.88. The van der Waals surface area contributed by atoms with Gasteiger partial charge in [-0.05, 0) is 63.4 Å². The van der Waals surface area contributed by atoms with Crippen molar-refractivity contribution in [1.82, 2.24) is 24.7 Å². The number of rotatable bonds is 6. The van der Waals surface area contributed by atoms with E-state index in [1.807, 2.05) is 12.3 Å². The van der Waals surface area contributed by atoms with Gasteiger partial charge in [-0.1, -0.05) is 25.3 Å². The molecule has 0 amide bonds. The molecule has 1 aliphatic heterocycles. The van der Waals surface area contributed by atoms with E-state index < -0.39 is 0 Å². The van der Waals surface area contributed by atoms with Crippen molar-refractivity contribution < 1.29 is 0 Å². The highest BCUT2D eigenvalue weighted by atomic mass is 32.1. The molecule has 0 spiro atoms. The lowest BCUT2D eigenvalue weighted by atomic mass is 9.94. The van der Waals surface area contributed by atoms with E-state index in [9.17, 15) is 0 Å². The Labute approximate surface area is 173 Å². The highest BCUT2D eigenvalue weighted by Gasteiger charge is 2.41. The molecule has 2 unspecified atom stereocenters. The fourth-order valence-electron chi connectivity index (χ4n) is 4.63. The number of hydrogen-bond donors (Lipinski definition) is 1. The summed E-state index contributed by atoms with van der Waals surface area (Å²) in [5, 5.41) is 4.41. The first kappa shape index (κ1) is 19.4. The molecule has 4 rings (SSSR count). The van der Waals surface area contributed by atoms with Gasteiger partial charge in [0.05, 0.1) is 17.8 Å². The number of likely N-dealkylation sites (N-methyl/N-ethyl adjacent to an activating group) is 1. The predicted molar refractivity (Wildman–Crippen MR) is 117 cm³/mol. The van der Waals surface area contributed by atoms with Gasteiger partial charge in [-0.15, -0.1) is 0 Å². The third-order valence-corrected chi connectivity index (χ3v) is 6.42. The Bertz CT molecular complexity index is 781. The zero-order chi connectivity index (χ0) is 19.5. The van der Waals surface area contributed by atoms with Crippen molar-refractivity contribution in [3.63, 3.8) is 0 Å². The van der Waals surface area contributed by atoms with E-state index >= 15 is 0 Å². The van der Waals surface area contributed by atoms with Crippen molar-refractivity contribution in [2.75, 3.05) is 27.2 Å². The molecule has 0 aromatic carbocycles. The second-order valence-corrected chi connectivity index (χ2v) is 8.64. The van der Waals surface area contributed by atoms with Crippen LogP contribution in [-0.4, -0.2) is 51.6 Å². The van der Waals surface area contributed by atoms with Crippen LogP contribution in [0.5, 0.6) is 0 Å². The summed E-state index contributed by atoms with van der Waals surface area (Å²) in [4.78, 5) is 9.24. The van der Waals surface area contributed by atoms with Crippen LogP contribution in [0.1, 0.15) is 61.6 Å². The number of pyridine rings is 1. The molecule has 2 fully saturated rings. The summed E-state index contributed by atoms with van der Waals surface area (Å²) >= 11 is 5.78. The first-order valence-electron chi connectivity index (χ1n) is 10.4. The molecule has 0 radical (unpaired) electrons. The largest absolute Gasteiger partial charge is 0.352 e. The molecule has 2 atom stereocenters. The standard InChI is InChI=1S/C22H31N5S/c1-25(2)15-16-27-21(20(24-22(27)28)18-11-6-7-13-23-18)19-12-8-14-26(19)17-9-4-3-5-10-17/h6-8,11-14,17,20-21H,3-5,9-10,15-16H2,1-2H3,(H,24,28). The maximum Gasteiger partial charge on any atom is 0.170 e. The van der Waals surface area contributed by atoms with Gasteiger partial charge in [0.25, 0.3) is 0 Å². The fraction of sp³-hybridized carbons (Fsp3) is 0.545. The van der Waals surface area contributed by atoms with Crippen molar-refractivity contribution in [3.05, 3.63) is 54.1 Å². The van der Waals surface area contributed by atoms with E-state index in [2.05, 4.69) is 69.2 Å². The summed E-state index contributed by atoms with van der Waals surface area (Å²) in [7, 11) is 4.23. The van der Waals surface area contributed by atoms with Gasteiger partial charge in [0, 0.05) is 37.2 Å². The average Bonchev–Trinajstić information content (AvgIpc) is 3.32. The molecular formula is C22H31N5S. The van der Waals surface area contributed by atoms with Gasteiger partial charge in [-0.25, -0.2) is 0 Å². The van der Waals surface area contributed by atoms with Crippen LogP contribution in [0.2, 0.25) is 0 Å². The Morgan fingerprint density at radius 3 is 2.68 bits per heavy atom. The van der Waals surface area contributed by atoms with Gasteiger partial charge >= 0.3 is 0 Å². The first-order valence-corrected chi connectivity index (χ1v) is 10.9. The van der Waals surface area contributed by atoms with E-state index in [4.69, 9.17) is 12.2 Å². The lowest BCUT2D eigenvalue weighted by molar-refractivity contribution is 0.257. The third kappa shape index (κ3) is 3.94. The van der Waals surface area contributed by atoms with Crippen molar-refractivity contribution >= 4 is 17.3 Å².